The fourth-order valence-electron chi connectivity index (χ4n) is 8.38. The van der Waals surface area contributed by atoms with Gasteiger partial charge in [0, 0.05) is 49.6 Å². The van der Waals surface area contributed by atoms with Gasteiger partial charge in [-0.2, -0.15) is 0 Å². The third-order valence-electron chi connectivity index (χ3n) is 10.9. The van der Waals surface area contributed by atoms with E-state index in [0.29, 0.717) is 5.82 Å². The molecular weight excluding hydrogens is 681 g/mol. The zero-order valence-corrected chi connectivity index (χ0v) is 30.4. The molecule has 11 aromatic rings. The van der Waals surface area contributed by atoms with E-state index in [0.717, 1.165) is 39.5 Å². The van der Waals surface area contributed by atoms with Gasteiger partial charge in [0.15, 0.2) is 5.82 Å². The zero-order valence-electron chi connectivity index (χ0n) is 30.4. The molecule has 0 aliphatic carbocycles. The molecule has 0 saturated carbocycles. The van der Waals surface area contributed by atoms with E-state index in [-0.39, 0.29) is 0 Å². The monoisotopic (exact) mass is 714 g/mol. The maximum Gasteiger partial charge on any atom is 0.160 e. The lowest BCUT2D eigenvalue weighted by molar-refractivity contribution is 1.16. The summed E-state index contributed by atoms with van der Waals surface area (Å²) in [7, 11) is 0. The topological polar surface area (TPSA) is 35.6 Å². The highest BCUT2D eigenvalue weighted by Crippen LogP contribution is 2.42. The number of para-hydroxylation sites is 2. The van der Waals surface area contributed by atoms with Crippen LogP contribution in [0.2, 0.25) is 0 Å². The molecule has 11 rings (SSSR count). The van der Waals surface area contributed by atoms with Crippen molar-refractivity contribution in [3.63, 3.8) is 0 Å². The summed E-state index contributed by atoms with van der Waals surface area (Å²) in [6.07, 6.45) is 0. The molecule has 0 aliphatic rings. The number of hydrogen-bond acceptors (Lipinski definition) is 2. The van der Waals surface area contributed by atoms with Crippen molar-refractivity contribution < 1.29 is 0 Å². The van der Waals surface area contributed by atoms with E-state index in [1.165, 1.54) is 54.7 Å². The summed E-state index contributed by atoms with van der Waals surface area (Å²) in [5.41, 5.74) is 14.2. The molecule has 0 amide bonds. The van der Waals surface area contributed by atoms with Gasteiger partial charge < -0.3 is 9.13 Å². The van der Waals surface area contributed by atoms with Gasteiger partial charge in [0.05, 0.1) is 33.5 Å². The summed E-state index contributed by atoms with van der Waals surface area (Å²) in [5, 5.41) is 4.97. The minimum atomic E-state index is 0.699. The van der Waals surface area contributed by atoms with Crippen LogP contribution in [0.5, 0.6) is 0 Å². The minimum absolute atomic E-state index is 0.699. The SMILES string of the molecule is c1ccc(-c2cccc(-n3c4ccccc4c4c5c6ccccc6n(-c6ccc(-c7nc(-c8ccccc8)cc(-c8ccccc8)n7)cc6)c5ccc43)c2)cc1. The lowest BCUT2D eigenvalue weighted by atomic mass is 10.0. The largest absolute Gasteiger partial charge is 0.309 e. The van der Waals surface area contributed by atoms with Gasteiger partial charge in [-0.1, -0.05) is 140 Å². The van der Waals surface area contributed by atoms with Crippen molar-refractivity contribution in [2.45, 2.75) is 0 Å². The predicted octanol–water partition coefficient (Wildman–Crippen LogP) is 13.3. The van der Waals surface area contributed by atoms with Crippen molar-refractivity contribution in [3.8, 4) is 56.4 Å². The second kappa shape index (κ2) is 13.1. The average Bonchev–Trinajstić information content (AvgIpc) is 3.80. The van der Waals surface area contributed by atoms with E-state index < -0.39 is 0 Å². The first-order chi connectivity index (χ1) is 27.8. The fourth-order valence-corrected chi connectivity index (χ4v) is 8.38. The first kappa shape index (κ1) is 31.9. The maximum atomic E-state index is 5.08. The molecule has 262 valence electrons. The Hall–Kier alpha value is -7.56. The quantitative estimate of drug-likeness (QED) is 0.172. The van der Waals surface area contributed by atoms with Crippen LogP contribution in [0.1, 0.15) is 0 Å². The molecule has 4 heteroatoms. The van der Waals surface area contributed by atoms with Crippen LogP contribution in [-0.2, 0) is 0 Å². The van der Waals surface area contributed by atoms with Crippen molar-refractivity contribution in [1.29, 1.82) is 0 Å². The summed E-state index contributed by atoms with van der Waals surface area (Å²) in [6, 6.07) is 73.1. The van der Waals surface area contributed by atoms with Gasteiger partial charge in [0.1, 0.15) is 0 Å². The van der Waals surface area contributed by atoms with Crippen molar-refractivity contribution in [1.82, 2.24) is 19.1 Å². The van der Waals surface area contributed by atoms with E-state index >= 15 is 0 Å². The van der Waals surface area contributed by atoms with Crippen molar-refractivity contribution in [2.24, 2.45) is 0 Å². The minimum Gasteiger partial charge on any atom is -0.309 e. The molecule has 0 radical (unpaired) electrons. The molecular formula is C52H34N4. The Labute approximate surface area is 324 Å². The lowest BCUT2D eigenvalue weighted by Crippen LogP contribution is -1.97. The Balaban J connectivity index is 1.08. The second-order valence-corrected chi connectivity index (χ2v) is 14.2. The second-order valence-electron chi connectivity index (χ2n) is 14.2. The zero-order chi connectivity index (χ0) is 37.0. The van der Waals surface area contributed by atoms with E-state index in [1.54, 1.807) is 0 Å². The Morgan fingerprint density at radius 3 is 1.30 bits per heavy atom. The van der Waals surface area contributed by atoms with Crippen molar-refractivity contribution in [3.05, 3.63) is 206 Å². The highest BCUT2D eigenvalue weighted by molar-refractivity contribution is 6.28. The molecule has 0 N–H and O–H groups in total. The smallest absolute Gasteiger partial charge is 0.160 e. The van der Waals surface area contributed by atoms with Crippen LogP contribution in [0.4, 0.5) is 0 Å². The molecule has 0 saturated heterocycles. The molecule has 0 atom stereocenters. The average molecular weight is 715 g/mol. The fraction of sp³-hybridized carbons (Fsp3) is 0. The molecule has 3 aromatic heterocycles. The Morgan fingerprint density at radius 2 is 0.750 bits per heavy atom. The summed E-state index contributed by atoms with van der Waals surface area (Å²) in [4.78, 5) is 10.2. The Morgan fingerprint density at radius 1 is 0.286 bits per heavy atom. The van der Waals surface area contributed by atoms with Gasteiger partial charge in [0.2, 0.25) is 0 Å². The van der Waals surface area contributed by atoms with Crippen LogP contribution in [0.15, 0.2) is 206 Å². The van der Waals surface area contributed by atoms with Crippen molar-refractivity contribution >= 4 is 43.6 Å². The van der Waals surface area contributed by atoms with E-state index in [4.69, 9.17) is 9.97 Å². The summed E-state index contributed by atoms with van der Waals surface area (Å²) >= 11 is 0. The Kier molecular flexibility index (Phi) is 7.46. The van der Waals surface area contributed by atoms with Gasteiger partial charge >= 0.3 is 0 Å². The van der Waals surface area contributed by atoms with Gasteiger partial charge in [-0.3, -0.25) is 0 Å². The summed E-state index contributed by atoms with van der Waals surface area (Å²) in [5.74, 6) is 0.699. The number of aromatic nitrogens is 4. The highest BCUT2D eigenvalue weighted by atomic mass is 15.0. The van der Waals surface area contributed by atoms with E-state index in [2.05, 4.69) is 203 Å². The normalized spacial score (nSPS) is 11.6. The van der Waals surface area contributed by atoms with E-state index in [1.807, 2.05) is 12.1 Å². The van der Waals surface area contributed by atoms with Crippen LogP contribution < -0.4 is 0 Å². The van der Waals surface area contributed by atoms with Gasteiger partial charge in [-0.15, -0.1) is 0 Å². The molecule has 0 bridgehead atoms. The first-order valence-corrected chi connectivity index (χ1v) is 19.0. The molecule has 56 heavy (non-hydrogen) atoms. The molecule has 0 spiro atoms. The number of benzene rings is 8. The van der Waals surface area contributed by atoms with Crippen molar-refractivity contribution in [2.75, 3.05) is 0 Å². The van der Waals surface area contributed by atoms with Crippen LogP contribution in [0, 0.1) is 0 Å². The molecule has 0 aliphatic heterocycles. The number of hydrogen-bond donors (Lipinski definition) is 0. The molecule has 0 unspecified atom stereocenters. The Bertz CT molecular complexity index is 3160. The lowest BCUT2D eigenvalue weighted by Gasteiger charge is -2.12. The predicted molar refractivity (Wildman–Crippen MR) is 232 cm³/mol. The highest BCUT2D eigenvalue weighted by Gasteiger charge is 2.21. The van der Waals surface area contributed by atoms with Crippen LogP contribution in [0.3, 0.4) is 0 Å². The van der Waals surface area contributed by atoms with Crippen LogP contribution >= 0.6 is 0 Å². The molecule has 8 aromatic carbocycles. The van der Waals surface area contributed by atoms with E-state index in [9.17, 15) is 0 Å². The summed E-state index contributed by atoms with van der Waals surface area (Å²) in [6.45, 7) is 0. The summed E-state index contributed by atoms with van der Waals surface area (Å²) < 4.78 is 4.82. The van der Waals surface area contributed by atoms with Gasteiger partial charge in [-0.05, 0) is 77.9 Å². The van der Waals surface area contributed by atoms with Gasteiger partial charge in [-0.25, -0.2) is 9.97 Å². The molecule has 3 heterocycles. The maximum absolute atomic E-state index is 5.08. The number of rotatable bonds is 6. The third-order valence-corrected chi connectivity index (χ3v) is 10.9. The first-order valence-electron chi connectivity index (χ1n) is 19.0. The number of fused-ring (bicyclic) bond motifs is 7. The standard InChI is InChI=1S/C52H34N4/c1-4-15-35(16-5-1)39-21-14-22-41(33-39)56-47-26-13-11-24-43(47)51-49(56)32-31-48-50(51)42-23-10-12-25-46(42)55(48)40-29-27-38(28-30-40)52-53-44(36-17-6-2-7-18-36)34-45(54-52)37-19-8-3-9-20-37/h1-34H. The van der Waals surface area contributed by atoms with Crippen LogP contribution in [0.25, 0.3) is 100 Å². The number of nitrogens with zero attached hydrogens (tertiary/aromatic N) is 4. The molecule has 4 nitrogen and oxygen atoms in total. The molecule has 0 fully saturated rings. The van der Waals surface area contributed by atoms with Gasteiger partial charge in [0.25, 0.3) is 0 Å². The third kappa shape index (κ3) is 5.23. The van der Waals surface area contributed by atoms with Crippen LogP contribution in [-0.4, -0.2) is 19.1 Å².